The molecular formula is C15H14N2O2. The molecule has 0 saturated heterocycles. The highest BCUT2D eigenvalue weighted by atomic mass is 16.4. The molecule has 4 heteroatoms. The van der Waals surface area contributed by atoms with Gasteiger partial charge in [-0.2, -0.15) is 10.2 Å². The Balaban J connectivity index is 2.20. The Bertz CT molecular complexity index is 611. The van der Waals surface area contributed by atoms with Gasteiger partial charge >= 0.3 is 5.97 Å². The highest BCUT2D eigenvalue weighted by Gasteiger charge is 2.01. The molecule has 0 aliphatic carbocycles. The number of carboxylic acids is 1. The summed E-state index contributed by atoms with van der Waals surface area (Å²) in [6, 6.07) is 12.3. The molecule has 0 aliphatic heterocycles. The van der Waals surface area contributed by atoms with Crippen molar-refractivity contribution in [2.24, 2.45) is 10.2 Å². The van der Waals surface area contributed by atoms with E-state index in [4.69, 9.17) is 5.11 Å². The number of aryl methyl sites for hydroxylation is 2. The van der Waals surface area contributed by atoms with Gasteiger partial charge in [0.1, 0.15) is 0 Å². The number of rotatable bonds is 3. The van der Waals surface area contributed by atoms with Gasteiger partial charge in [-0.3, -0.25) is 0 Å². The van der Waals surface area contributed by atoms with Gasteiger partial charge in [0.05, 0.1) is 16.9 Å². The second-order valence-corrected chi connectivity index (χ2v) is 4.40. The summed E-state index contributed by atoms with van der Waals surface area (Å²) in [6.07, 6.45) is 0. The van der Waals surface area contributed by atoms with Crippen LogP contribution in [0.2, 0.25) is 0 Å². The van der Waals surface area contributed by atoms with Crippen molar-refractivity contribution in [1.29, 1.82) is 0 Å². The average Bonchev–Trinajstić information content (AvgIpc) is 2.36. The number of hydrogen-bond acceptors (Lipinski definition) is 3. The minimum absolute atomic E-state index is 0.241. The zero-order valence-corrected chi connectivity index (χ0v) is 10.8. The van der Waals surface area contributed by atoms with E-state index in [0.717, 1.165) is 16.8 Å². The lowest BCUT2D eigenvalue weighted by Gasteiger charge is -1.99. The Morgan fingerprint density at radius 2 is 1.42 bits per heavy atom. The molecule has 96 valence electrons. The topological polar surface area (TPSA) is 62.0 Å². The first-order valence-electron chi connectivity index (χ1n) is 5.88. The van der Waals surface area contributed by atoms with Gasteiger partial charge in [0.25, 0.3) is 0 Å². The maximum absolute atomic E-state index is 10.7. The minimum Gasteiger partial charge on any atom is -0.478 e. The molecule has 2 aromatic carbocycles. The van der Waals surface area contributed by atoms with E-state index in [-0.39, 0.29) is 5.56 Å². The summed E-state index contributed by atoms with van der Waals surface area (Å²) in [5.41, 5.74) is 3.93. The van der Waals surface area contributed by atoms with Crippen molar-refractivity contribution < 1.29 is 9.90 Å². The molecule has 4 nitrogen and oxygen atoms in total. The molecule has 1 N–H and O–H groups in total. The van der Waals surface area contributed by atoms with Crippen LogP contribution in [0.4, 0.5) is 11.4 Å². The summed E-state index contributed by atoms with van der Waals surface area (Å²) in [4.78, 5) is 10.7. The van der Waals surface area contributed by atoms with Gasteiger partial charge in [-0.05, 0) is 61.4 Å². The fourth-order valence-electron chi connectivity index (χ4n) is 1.79. The first-order chi connectivity index (χ1) is 9.04. The molecule has 0 aromatic heterocycles. The Morgan fingerprint density at radius 3 is 1.95 bits per heavy atom. The number of benzene rings is 2. The molecule has 0 bridgehead atoms. The van der Waals surface area contributed by atoms with Gasteiger partial charge < -0.3 is 5.11 Å². The molecule has 0 aliphatic rings. The van der Waals surface area contributed by atoms with E-state index < -0.39 is 5.97 Å². The first-order valence-corrected chi connectivity index (χ1v) is 5.88. The largest absolute Gasteiger partial charge is 0.478 e. The molecule has 0 fully saturated rings. The summed E-state index contributed by atoms with van der Waals surface area (Å²) < 4.78 is 0. The van der Waals surface area contributed by atoms with Gasteiger partial charge in [0.2, 0.25) is 0 Å². The van der Waals surface area contributed by atoms with Gasteiger partial charge in [0, 0.05) is 0 Å². The van der Waals surface area contributed by atoms with Crippen LogP contribution in [0.1, 0.15) is 21.5 Å². The normalized spacial score (nSPS) is 10.8. The van der Waals surface area contributed by atoms with Gasteiger partial charge in [0.15, 0.2) is 0 Å². The van der Waals surface area contributed by atoms with Crippen LogP contribution < -0.4 is 0 Å². The Morgan fingerprint density at radius 1 is 0.895 bits per heavy atom. The van der Waals surface area contributed by atoms with E-state index in [1.165, 1.54) is 12.1 Å². The molecule has 0 saturated carbocycles. The maximum Gasteiger partial charge on any atom is 0.335 e. The monoisotopic (exact) mass is 254 g/mol. The van der Waals surface area contributed by atoms with Crippen molar-refractivity contribution >= 4 is 17.3 Å². The zero-order valence-electron chi connectivity index (χ0n) is 10.8. The van der Waals surface area contributed by atoms with E-state index in [1.54, 1.807) is 12.1 Å². The maximum atomic E-state index is 10.7. The van der Waals surface area contributed by atoms with Crippen molar-refractivity contribution in [2.75, 3.05) is 0 Å². The summed E-state index contributed by atoms with van der Waals surface area (Å²) in [6.45, 7) is 4.02. The Hall–Kier alpha value is -2.49. The van der Waals surface area contributed by atoms with Crippen LogP contribution in [0.25, 0.3) is 0 Å². The molecule has 0 radical (unpaired) electrons. The Kier molecular flexibility index (Phi) is 3.71. The van der Waals surface area contributed by atoms with Crippen molar-refractivity contribution in [1.82, 2.24) is 0 Å². The molecule has 2 rings (SSSR count). The van der Waals surface area contributed by atoms with Crippen LogP contribution in [0, 0.1) is 13.8 Å². The molecule has 0 heterocycles. The van der Waals surface area contributed by atoms with Crippen molar-refractivity contribution in [3.05, 3.63) is 59.2 Å². The summed E-state index contributed by atoms with van der Waals surface area (Å²) >= 11 is 0. The van der Waals surface area contributed by atoms with Crippen LogP contribution in [0.3, 0.4) is 0 Å². The average molecular weight is 254 g/mol. The fourth-order valence-corrected chi connectivity index (χ4v) is 1.79. The van der Waals surface area contributed by atoms with Gasteiger partial charge in [-0.15, -0.1) is 0 Å². The number of nitrogens with zero attached hydrogens (tertiary/aromatic N) is 2. The predicted octanol–water partition coefficient (Wildman–Crippen LogP) is 4.42. The summed E-state index contributed by atoms with van der Waals surface area (Å²) in [7, 11) is 0. The van der Waals surface area contributed by atoms with Crippen LogP contribution in [0.15, 0.2) is 52.7 Å². The van der Waals surface area contributed by atoms with Crippen LogP contribution in [-0.4, -0.2) is 11.1 Å². The first kappa shape index (κ1) is 13.0. The van der Waals surface area contributed by atoms with Crippen LogP contribution in [0.5, 0.6) is 0 Å². The van der Waals surface area contributed by atoms with E-state index in [9.17, 15) is 4.79 Å². The lowest BCUT2D eigenvalue weighted by molar-refractivity contribution is 0.0697. The third-order valence-electron chi connectivity index (χ3n) is 2.60. The highest BCUT2D eigenvalue weighted by molar-refractivity contribution is 5.87. The predicted molar refractivity (Wildman–Crippen MR) is 73.5 cm³/mol. The van der Waals surface area contributed by atoms with Gasteiger partial charge in [-0.25, -0.2) is 4.79 Å². The summed E-state index contributed by atoms with van der Waals surface area (Å²) in [5.74, 6) is -0.946. The fraction of sp³-hybridized carbons (Fsp3) is 0.133. The van der Waals surface area contributed by atoms with Crippen molar-refractivity contribution in [2.45, 2.75) is 13.8 Å². The van der Waals surface area contributed by atoms with Crippen molar-refractivity contribution in [3.63, 3.8) is 0 Å². The second-order valence-electron chi connectivity index (χ2n) is 4.40. The molecule has 19 heavy (non-hydrogen) atoms. The lowest BCUT2D eigenvalue weighted by Crippen LogP contribution is -1.93. The highest BCUT2D eigenvalue weighted by Crippen LogP contribution is 2.21. The van der Waals surface area contributed by atoms with E-state index in [0.29, 0.717) is 5.69 Å². The molecule has 2 aromatic rings. The number of hydrogen-bond donors (Lipinski definition) is 1. The molecule has 0 amide bonds. The smallest absolute Gasteiger partial charge is 0.335 e. The number of carbonyl (C=O) groups is 1. The zero-order chi connectivity index (χ0) is 13.8. The minimum atomic E-state index is -0.946. The standard InChI is InChI=1S/C15H14N2O2/c1-10-7-11(2)9-14(8-10)17-16-13-5-3-12(4-6-13)15(18)19/h3-9H,1-2H3,(H,18,19). The van der Waals surface area contributed by atoms with E-state index >= 15 is 0 Å². The summed E-state index contributed by atoms with van der Waals surface area (Å²) in [5, 5.41) is 17.0. The van der Waals surface area contributed by atoms with Gasteiger partial charge in [-0.1, -0.05) is 6.07 Å². The lowest BCUT2D eigenvalue weighted by atomic mass is 10.1. The number of azo groups is 1. The second kappa shape index (κ2) is 5.44. The molecule has 0 atom stereocenters. The Labute approximate surface area is 111 Å². The number of aromatic carboxylic acids is 1. The third kappa shape index (κ3) is 3.48. The van der Waals surface area contributed by atoms with E-state index in [2.05, 4.69) is 16.3 Å². The SMILES string of the molecule is Cc1cc(C)cc(N=Nc2ccc(C(=O)O)cc2)c1. The third-order valence-corrected chi connectivity index (χ3v) is 2.60. The van der Waals surface area contributed by atoms with Crippen LogP contribution in [-0.2, 0) is 0 Å². The quantitative estimate of drug-likeness (QED) is 0.824. The van der Waals surface area contributed by atoms with Crippen molar-refractivity contribution in [3.8, 4) is 0 Å². The number of carboxylic acid groups (broad SMARTS) is 1. The molecule has 0 unspecified atom stereocenters. The van der Waals surface area contributed by atoms with E-state index in [1.807, 2.05) is 26.0 Å². The molecular weight excluding hydrogens is 240 g/mol. The molecule has 0 spiro atoms. The van der Waals surface area contributed by atoms with Crippen LogP contribution >= 0.6 is 0 Å².